The van der Waals surface area contributed by atoms with E-state index in [1.165, 1.54) is 6.33 Å². The number of hydrogen-bond donors (Lipinski definition) is 2. The predicted molar refractivity (Wildman–Crippen MR) is 75.5 cm³/mol. The monoisotopic (exact) mass is 266 g/mol. The zero-order chi connectivity index (χ0) is 14.5. The number of carboxylic acid groups (broad SMARTS) is 1. The number of aliphatic carboxylic acids is 1. The maximum atomic E-state index is 11.0. The number of rotatable bonds is 7. The molecule has 2 N–H and O–H groups in total. The fourth-order valence-corrected chi connectivity index (χ4v) is 1.55. The van der Waals surface area contributed by atoms with E-state index in [0.717, 1.165) is 18.9 Å². The summed E-state index contributed by atoms with van der Waals surface area (Å²) in [4.78, 5) is 21.5. The molecule has 0 fully saturated rings. The SMILES string of the molecule is CCN(CC)c1cc(NCC(C)(C)C(=O)O)ncn1. The van der Waals surface area contributed by atoms with E-state index in [9.17, 15) is 4.79 Å². The van der Waals surface area contributed by atoms with Crippen molar-refractivity contribution in [1.82, 2.24) is 9.97 Å². The number of nitrogens with one attached hydrogen (secondary N) is 1. The molecule has 106 valence electrons. The Hall–Kier alpha value is -1.85. The van der Waals surface area contributed by atoms with Gasteiger partial charge >= 0.3 is 5.97 Å². The van der Waals surface area contributed by atoms with Crippen molar-refractivity contribution >= 4 is 17.6 Å². The molecule has 6 nitrogen and oxygen atoms in total. The van der Waals surface area contributed by atoms with Crippen LogP contribution in [0.15, 0.2) is 12.4 Å². The molecule has 0 radical (unpaired) electrons. The molecule has 0 atom stereocenters. The zero-order valence-corrected chi connectivity index (χ0v) is 12.0. The third-order valence-electron chi connectivity index (χ3n) is 3.03. The first-order chi connectivity index (χ1) is 8.90. The van der Waals surface area contributed by atoms with Crippen molar-refractivity contribution in [2.75, 3.05) is 29.9 Å². The number of nitrogens with zero attached hydrogens (tertiary/aromatic N) is 3. The molecule has 0 aromatic carbocycles. The summed E-state index contributed by atoms with van der Waals surface area (Å²) in [5.74, 6) is 0.653. The predicted octanol–water partition coefficient (Wildman–Crippen LogP) is 1.85. The highest BCUT2D eigenvalue weighted by Crippen LogP contribution is 2.18. The van der Waals surface area contributed by atoms with Gasteiger partial charge in [-0.3, -0.25) is 4.79 Å². The highest BCUT2D eigenvalue weighted by atomic mass is 16.4. The first-order valence-corrected chi connectivity index (χ1v) is 6.45. The van der Waals surface area contributed by atoms with Gasteiger partial charge in [-0.2, -0.15) is 0 Å². The van der Waals surface area contributed by atoms with Gasteiger partial charge < -0.3 is 15.3 Å². The van der Waals surface area contributed by atoms with Crippen LogP contribution in [0.25, 0.3) is 0 Å². The minimum Gasteiger partial charge on any atom is -0.481 e. The maximum Gasteiger partial charge on any atom is 0.310 e. The van der Waals surface area contributed by atoms with Crippen LogP contribution in [0, 0.1) is 5.41 Å². The number of aromatic nitrogens is 2. The summed E-state index contributed by atoms with van der Waals surface area (Å²) >= 11 is 0. The molecule has 1 rings (SSSR count). The van der Waals surface area contributed by atoms with Gasteiger partial charge in [0.05, 0.1) is 5.41 Å². The summed E-state index contributed by atoms with van der Waals surface area (Å²) < 4.78 is 0. The number of hydrogen-bond acceptors (Lipinski definition) is 5. The third kappa shape index (κ3) is 4.08. The van der Waals surface area contributed by atoms with Crippen molar-refractivity contribution in [3.63, 3.8) is 0 Å². The quantitative estimate of drug-likeness (QED) is 0.784. The van der Waals surface area contributed by atoms with Gasteiger partial charge in [0.25, 0.3) is 0 Å². The molecule has 1 heterocycles. The summed E-state index contributed by atoms with van der Waals surface area (Å²) in [6.45, 7) is 9.53. The van der Waals surface area contributed by atoms with Gasteiger partial charge in [0.1, 0.15) is 18.0 Å². The Morgan fingerprint density at radius 1 is 1.37 bits per heavy atom. The van der Waals surface area contributed by atoms with Crippen molar-refractivity contribution in [3.05, 3.63) is 12.4 Å². The first-order valence-electron chi connectivity index (χ1n) is 6.45. The second-order valence-corrected chi connectivity index (χ2v) is 4.98. The Bertz CT molecular complexity index is 430. The van der Waals surface area contributed by atoms with Crippen LogP contribution in [-0.2, 0) is 4.79 Å². The number of carboxylic acids is 1. The maximum absolute atomic E-state index is 11.0. The summed E-state index contributed by atoms with van der Waals surface area (Å²) in [5, 5.41) is 12.1. The molecule has 0 unspecified atom stereocenters. The van der Waals surface area contributed by atoms with Crippen LogP contribution in [-0.4, -0.2) is 40.7 Å². The lowest BCUT2D eigenvalue weighted by Crippen LogP contribution is -2.32. The highest BCUT2D eigenvalue weighted by molar-refractivity contribution is 5.74. The van der Waals surface area contributed by atoms with Crippen molar-refractivity contribution < 1.29 is 9.90 Å². The molecule has 0 spiro atoms. The van der Waals surface area contributed by atoms with Crippen LogP contribution >= 0.6 is 0 Å². The van der Waals surface area contributed by atoms with Crippen LogP contribution in [0.4, 0.5) is 11.6 Å². The molecule has 1 aromatic rings. The molecule has 0 saturated carbocycles. The topological polar surface area (TPSA) is 78.4 Å². The fourth-order valence-electron chi connectivity index (χ4n) is 1.55. The zero-order valence-electron chi connectivity index (χ0n) is 12.0. The lowest BCUT2D eigenvalue weighted by molar-refractivity contribution is -0.146. The van der Waals surface area contributed by atoms with Crippen molar-refractivity contribution in [3.8, 4) is 0 Å². The fraction of sp³-hybridized carbons (Fsp3) is 0.615. The lowest BCUT2D eigenvalue weighted by atomic mass is 9.94. The molecule has 0 aliphatic carbocycles. The van der Waals surface area contributed by atoms with Gasteiger partial charge in [0, 0.05) is 25.7 Å². The third-order valence-corrected chi connectivity index (χ3v) is 3.03. The molecular formula is C13H22N4O2. The molecule has 0 aliphatic rings. The standard InChI is InChI=1S/C13H22N4O2/c1-5-17(6-2)11-7-10(15-9-16-11)14-8-13(3,4)12(18)19/h7,9H,5-6,8H2,1-4H3,(H,18,19)(H,14,15,16). The molecule has 1 aromatic heterocycles. The summed E-state index contributed by atoms with van der Waals surface area (Å²) in [6, 6.07) is 1.84. The number of carbonyl (C=O) groups is 1. The summed E-state index contributed by atoms with van der Waals surface area (Å²) in [6.07, 6.45) is 1.49. The average molecular weight is 266 g/mol. The molecular weight excluding hydrogens is 244 g/mol. The minimum absolute atomic E-state index is 0.317. The van der Waals surface area contributed by atoms with Crippen LogP contribution in [0.5, 0.6) is 0 Å². The molecule has 0 bridgehead atoms. The van der Waals surface area contributed by atoms with Crippen LogP contribution in [0.1, 0.15) is 27.7 Å². The number of anilines is 2. The first kappa shape index (κ1) is 15.2. The summed E-state index contributed by atoms with van der Waals surface area (Å²) in [7, 11) is 0. The van der Waals surface area contributed by atoms with E-state index in [1.807, 2.05) is 6.07 Å². The minimum atomic E-state index is -0.835. The normalized spacial score (nSPS) is 11.2. The van der Waals surface area contributed by atoms with Crippen LogP contribution in [0.2, 0.25) is 0 Å². The smallest absolute Gasteiger partial charge is 0.310 e. The van der Waals surface area contributed by atoms with E-state index in [0.29, 0.717) is 12.4 Å². The van der Waals surface area contributed by atoms with Gasteiger partial charge in [-0.25, -0.2) is 9.97 Å². The van der Waals surface area contributed by atoms with Gasteiger partial charge in [-0.15, -0.1) is 0 Å². The average Bonchev–Trinajstić information content (AvgIpc) is 2.38. The van der Waals surface area contributed by atoms with Crippen molar-refractivity contribution in [2.45, 2.75) is 27.7 Å². The Kier molecular flexibility index (Phi) is 5.09. The van der Waals surface area contributed by atoms with E-state index in [-0.39, 0.29) is 0 Å². The Morgan fingerprint density at radius 3 is 2.53 bits per heavy atom. The summed E-state index contributed by atoms with van der Waals surface area (Å²) in [5.41, 5.74) is -0.833. The van der Waals surface area contributed by atoms with E-state index >= 15 is 0 Å². The van der Waals surface area contributed by atoms with E-state index < -0.39 is 11.4 Å². The molecule has 0 amide bonds. The second-order valence-electron chi connectivity index (χ2n) is 4.98. The second kappa shape index (κ2) is 6.36. The Balaban J connectivity index is 2.75. The molecule has 19 heavy (non-hydrogen) atoms. The highest BCUT2D eigenvalue weighted by Gasteiger charge is 2.26. The molecule has 6 heteroatoms. The molecule has 0 saturated heterocycles. The van der Waals surface area contributed by atoms with E-state index in [1.54, 1.807) is 13.8 Å². The Morgan fingerprint density at radius 2 is 2.00 bits per heavy atom. The van der Waals surface area contributed by atoms with Gasteiger partial charge in [-0.1, -0.05) is 0 Å². The van der Waals surface area contributed by atoms with Crippen molar-refractivity contribution in [2.24, 2.45) is 5.41 Å². The van der Waals surface area contributed by atoms with Gasteiger partial charge in [-0.05, 0) is 27.7 Å². The Labute approximate surface area is 113 Å². The van der Waals surface area contributed by atoms with Gasteiger partial charge in [0.15, 0.2) is 0 Å². The van der Waals surface area contributed by atoms with Gasteiger partial charge in [0.2, 0.25) is 0 Å². The largest absolute Gasteiger partial charge is 0.481 e. The van der Waals surface area contributed by atoms with E-state index in [4.69, 9.17) is 5.11 Å². The van der Waals surface area contributed by atoms with Crippen LogP contribution in [0.3, 0.4) is 0 Å². The van der Waals surface area contributed by atoms with Crippen LogP contribution < -0.4 is 10.2 Å². The lowest BCUT2D eigenvalue weighted by Gasteiger charge is -2.22. The van der Waals surface area contributed by atoms with E-state index in [2.05, 4.69) is 34.0 Å². The molecule has 0 aliphatic heterocycles. The van der Waals surface area contributed by atoms with Crippen molar-refractivity contribution in [1.29, 1.82) is 0 Å².